The van der Waals surface area contributed by atoms with Crippen LogP contribution in [0.3, 0.4) is 0 Å². The molecular weight excluding hydrogens is 351 g/mol. The van der Waals surface area contributed by atoms with E-state index in [-0.39, 0.29) is 19.0 Å². The van der Waals surface area contributed by atoms with Crippen molar-refractivity contribution in [3.8, 4) is 0 Å². The van der Waals surface area contributed by atoms with Crippen molar-refractivity contribution >= 4 is 30.3 Å². The van der Waals surface area contributed by atoms with E-state index in [0.717, 1.165) is 4.90 Å². The molecule has 1 aromatic carbocycles. The molecular formula is C16H22ClFN4O3. The Morgan fingerprint density at radius 3 is 2.40 bits per heavy atom. The van der Waals surface area contributed by atoms with Gasteiger partial charge in [-0.15, -0.1) is 12.4 Å². The molecule has 0 saturated carbocycles. The van der Waals surface area contributed by atoms with E-state index >= 15 is 0 Å². The van der Waals surface area contributed by atoms with E-state index in [4.69, 9.17) is 5.73 Å². The number of urea groups is 1. The van der Waals surface area contributed by atoms with Crippen LogP contribution in [0, 0.1) is 5.82 Å². The third-order valence-corrected chi connectivity index (χ3v) is 3.99. The number of hydrogen-bond donors (Lipinski definition) is 3. The summed E-state index contributed by atoms with van der Waals surface area (Å²) in [5, 5.41) is 5.22. The number of halogens is 2. The molecule has 4 N–H and O–H groups in total. The highest BCUT2D eigenvalue weighted by Gasteiger charge is 2.49. The van der Waals surface area contributed by atoms with Gasteiger partial charge in [-0.3, -0.25) is 14.5 Å². The van der Waals surface area contributed by atoms with Gasteiger partial charge < -0.3 is 16.4 Å². The minimum atomic E-state index is -1.34. The van der Waals surface area contributed by atoms with E-state index in [2.05, 4.69) is 10.6 Å². The summed E-state index contributed by atoms with van der Waals surface area (Å²) in [5.74, 6) is -1.50. The lowest BCUT2D eigenvalue weighted by molar-refractivity contribution is -0.135. The highest BCUT2D eigenvalue weighted by atomic mass is 35.5. The van der Waals surface area contributed by atoms with Crippen molar-refractivity contribution in [2.75, 3.05) is 13.1 Å². The normalized spacial score (nSPS) is 20.1. The van der Waals surface area contributed by atoms with Crippen LogP contribution in [0.1, 0.15) is 26.3 Å². The minimum Gasteiger partial charge on any atom is -0.348 e. The molecule has 1 atom stereocenters. The van der Waals surface area contributed by atoms with Crippen molar-refractivity contribution in [2.24, 2.45) is 5.73 Å². The molecule has 1 heterocycles. The van der Waals surface area contributed by atoms with Crippen molar-refractivity contribution in [1.82, 2.24) is 15.5 Å². The van der Waals surface area contributed by atoms with Crippen LogP contribution in [0.25, 0.3) is 0 Å². The minimum absolute atomic E-state index is 0. The fourth-order valence-electron chi connectivity index (χ4n) is 2.43. The van der Waals surface area contributed by atoms with E-state index in [9.17, 15) is 18.8 Å². The number of hydrogen-bond acceptors (Lipinski definition) is 4. The number of nitrogens with two attached hydrogens (primary N) is 1. The van der Waals surface area contributed by atoms with Gasteiger partial charge in [-0.2, -0.15) is 0 Å². The fraction of sp³-hybridized carbons (Fsp3) is 0.438. The second-order valence-corrected chi connectivity index (χ2v) is 6.59. The number of imide groups is 1. The first kappa shape index (κ1) is 20.9. The van der Waals surface area contributed by atoms with Crippen LogP contribution in [-0.2, 0) is 15.1 Å². The van der Waals surface area contributed by atoms with Crippen molar-refractivity contribution in [2.45, 2.75) is 31.8 Å². The molecule has 0 radical (unpaired) electrons. The smallest absolute Gasteiger partial charge is 0.325 e. The van der Waals surface area contributed by atoms with Crippen LogP contribution in [0.5, 0.6) is 0 Å². The number of nitrogens with one attached hydrogen (secondary N) is 2. The number of nitrogens with zero attached hydrogens (tertiary/aromatic N) is 1. The second kappa shape index (κ2) is 7.37. The predicted octanol–water partition coefficient (Wildman–Crippen LogP) is 0.868. The van der Waals surface area contributed by atoms with E-state index in [1.807, 2.05) is 0 Å². The molecule has 1 fully saturated rings. The van der Waals surface area contributed by atoms with Gasteiger partial charge in [0.05, 0.1) is 0 Å². The third-order valence-electron chi connectivity index (χ3n) is 3.99. The maximum Gasteiger partial charge on any atom is 0.325 e. The predicted molar refractivity (Wildman–Crippen MR) is 92.5 cm³/mol. The number of carbonyl (C=O) groups excluding carboxylic acids is 3. The molecule has 0 aromatic heterocycles. The summed E-state index contributed by atoms with van der Waals surface area (Å²) >= 11 is 0. The monoisotopic (exact) mass is 372 g/mol. The summed E-state index contributed by atoms with van der Waals surface area (Å²) < 4.78 is 13.1. The highest BCUT2D eigenvalue weighted by molar-refractivity contribution is 6.09. The maximum absolute atomic E-state index is 13.1. The first-order valence-corrected chi connectivity index (χ1v) is 7.50. The zero-order valence-corrected chi connectivity index (χ0v) is 15.1. The average molecular weight is 373 g/mol. The van der Waals surface area contributed by atoms with Gasteiger partial charge in [0.15, 0.2) is 0 Å². The Labute approximate surface area is 151 Å². The molecule has 0 aliphatic carbocycles. The van der Waals surface area contributed by atoms with E-state index in [1.165, 1.54) is 31.2 Å². The summed E-state index contributed by atoms with van der Waals surface area (Å²) in [5.41, 5.74) is 4.00. The van der Waals surface area contributed by atoms with Crippen molar-refractivity contribution in [3.63, 3.8) is 0 Å². The van der Waals surface area contributed by atoms with Crippen molar-refractivity contribution in [3.05, 3.63) is 35.6 Å². The lowest BCUT2D eigenvalue weighted by Gasteiger charge is -2.25. The lowest BCUT2D eigenvalue weighted by atomic mass is 9.92. The van der Waals surface area contributed by atoms with Crippen molar-refractivity contribution < 1.29 is 18.8 Å². The molecule has 9 heteroatoms. The maximum atomic E-state index is 13.1. The molecule has 1 unspecified atom stereocenters. The Bertz CT molecular complexity index is 680. The van der Waals surface area contributed by atoms with Gasteiger partial charge in [-0.1, -0.05) is 12.1 Å². The SMILES string of the molecule is CC(C)(CN)NC(=O)CN1C(=O)NC(C)(c2ccc(F)cc2)C1=O.Cl. The summed E-state index contributed by atoms with van der Waals surface area (Å²) in [6, 6.07) is 4.59. The summed E-state index contributed by atoms with van der Waals surface area (Å²) in [4.78, 5) is 37.7. The van der Waals surface area contributed by atoms with Gasteiger partial charge in [-0.25, -0.2) is 9.18 Å². The molecule has 0 bridgehead atoms. The molecule has 4 amide bonds. The molecule has 0 spiro atoms. The molecule has 1 saturated heterocycles. The lowest BCUT2D eigenvalue weighted by Crippen LogP contribution is -2.52. The topological polar surface area (TPSA) is 105 Å². The number of benzene rings is 1. The van der Waals surface area contributed by atoms with Crippen LogP contribution < -0.4 is 16.4 Å². The highest BCUT2D eigenvalue weighted by Crippen LogP contribution is 2.28. The second-order valence-electron chi connectivity index (χ2n) is 6.59. The van der Waals surface area contributed by atoms with Crippen LogP contribution in [0.4, 0.5) is 9.18 Å². The summed E-state index contributed by atoms with van der Waals surface area (Å²) in [6.07, 6.45) is 0. The van der Waals surface area contributed by atoms with Gasteiger partial charge in [-0.05, 0) is 38.5 Å². The molecule has 1 aliphatic heterocycles. The third kappa shape index (κ3) is 4.26. The summed E-state index contributed by atoms with van der Waals surface area (Å²) in [6.45, 7) is 4.79. The zero-order valence-electron chi connectivity index (χ0n) is 14.3. The molecule has 2 rings (SSSR count). The quantitative estimate of drug-likeness (QED) is 0.667. The van der Waals surface area contributed by atoms with Gasteiger partial charge in [0, 0.05) is 12.1 Å². The van der Waals surface area contributed by atoms with Crippen LogP contribution in [-0.4, -0.2) is 41.4 Å². The number of carbonyl (C=O) groups is 3. The zero-order chi connectivity index (χ0) is 18.1. The van der Waals surface area contributed by atoms with Crippen LogP contribution in [0.15, 0.2) is 24.3 Å². The first-order valence-electron chi connectivity index (χ1n) is 7.50. The van der Waals surface area contributed by atoms with E-state index < -0.39 is 41.3 Å². The number of amides is 4. The Morgan fingerprint density at radius 1 is 1.32 bits per heavy atom. The van der Waals surface area contributed by atoms with Gasteiger partial charge >= 0.3 is 6.03 Å². The molecule has 138 valence electrons. The molecule has 7 nitrogen and oxygen atoms in total. The Kier molecular flexibility index (Phi) is 6.14. The van der Waals surface area contributed by atoms with E-state index in [0.29, 0.717) is 5.56 Å². The Morgan fingerprint density at radius 2 is 1.88 bits per heavy atom. The standard InChI is InChI=1S/C16H21FN4O3.ClH/c1-15(2,9-18)19-12(22)8-21-13(23)16(3,20-14(21)24)10-4-6-11(17)7-5-10;/h4-7H,8-9,18H2,1-3H3,(H,19,22)(H,20,24);1H. The van der Waals surface area contributed by atoms with Crippen LogP contribution >= 0.6 is 12.4 Å². The molecule has 25 heavy (non-hydrogen) atoms. The van der Waals surface area contributed by atoms with Crippen LogP contribution in [0.2, 0.25) is 0 Å². The average Bonchev–Trinajstić information content (AvgIpc) is 2.72. The molecule has 1 aliphatic rings. The first-order chi connectivity index (χ1) is 11.1. The Balaban J connectivity index is 0.00000312. The van der Waals surface area contributed by atoms with Crippen molar-refractivity contribution in [1.29, 1.82) is 0 Å². The molecule has 1 aromatic rings. The number of rotatable bonds is 5. The summed E-state index contributed by atoms with van der Waals surface area (Å²) in [7, 11) is 0. The largest absolute Gasteiger partial charge is 0.348 e. The Hall–Kier alpha value is -2.19. The van der Waals surface area contributed by atoms with Gasteiger partial charge in [0.1, 0.15) is 17.9 Å². The van der Waals surface area contributed by atoms with Gasteiger partial charge in [0.2, 0.25) is 5.91 Å². The van der Waals surface area contributed by atoms with E-state index in [1.54, 1.807) is 13.8 Å². The van der Waals surface area contributed by atoms with Gasteiger partial charge in [0.25, 0.3) is 5.91 Å². The fourth-order valence-corrected chi connectivity index (χ4v) is 2.43.